The molecule has 0 spiro atoms. The quantitative estimate of drug-likeness (QED) is 0.670. The van der Waals surface area contributed by atoms with E-state index in [2.05, 4.69) is 14.7 Å². The molecule has 0 saturated carbocycles. The minimum atomic E-state index is 0.0525. The smallest absolute Gasteiger partial charge is 0.290 e. The molecule has 1 aliphatic rings. The predicted molar refractivity (Wildman–Crippen MR) is 46.9 cm³/mol. The van der Waals surface area contributed by atoms with Crippen LogP contribution in [0.3, 0.4) is 0 Å². The third-order valence-corrected chi connectivity index (χ3v) is 2.31. The first-order valence-electron chi connectivity index (χ1n) is 4.74. The molecular weight excluding hydrogens is 184 g/mol. The number of rotatable bonds is 3. The molecule has 1 aromatic heterocycles. The minimum absolute atomic E-state index is 0.0525. The van der Waals surface area contributed by atoms with Crippen molar-refractivity contribution in [3.8, 4) is 0 Å². The van der Waals surface area contributed by atoms with Crippen molar-refractivity contribution in [1.82, 2.24) is 10.1 Å². The fourth-order valence-corrected chi connectivity index (χ4v) is 1.62. The highest BCUT2D eigenvalue weighted by Gasteiger charge is 2.17. The Morgan fingerprint density at radius 1 is 1.57 bits per heavy atom. The van der Waals surface area contributed by atoms with Crippen molar-refractivity contribution in [2.24, 2.45) is 5.92 Å². The van der Waals surface area contributed by atoms with Crippen molar-refractivity contribution in [3.05, 3.63) is 11.7 Å². The third-order valence-electron chi connectivity index (χ3n) is 2.31. The fraction of sp³-hybridized carbons (Fsp3) is 0.667. The number of hydrogen-bond donors (Lipinski definition) is 0. The summed E-state index contributed by atoms with van der Waals surface area (Å²) in [4.78, 5) is 14.2. The molecule has 0 bridgehead atoms. The SMILES string of the molecule is O=Cc1nc(CC2CCCOC2)no1. The number of carbonyl (C=O) groups is 1. The van der Waals surface area contributed by atoms with Crippen LogP contribution >= 0.6 is 0 Å². The molecule has 2 heterocycles. The van der Waals surface area contributed by atoms with Gasteiger partial charge in [-0.1, -0.05) is 5.16 Å². The fourth-order valence-electron chi connectivity index (χ4n) is 1.62. The molecule has 76 valence electrons. The molecule has 2 rings (SSSR count). The molecule has 0 amide bonds. The maximum Gasteiger partial charge on any atom is 0.290 e. The van der Waals surface area contributed by atoms with Crippen LogP contribution in [-0.4, -0.2) is 29.6 Å². The largest absolute Gasteiger partial charge is 0.381 e. The number of hydrogen-bond acceptors (Lipinski definition) is 5. The van der Waals surface area contributed by atoms with E-state index < -0.39 is 0 Å². The molecule has 0 aromatic carbocycles. The third kappa shape index (κ3) is 2.17. The van der Waals surface area contributed by atoms with E-state index in [1.54, 1.807) is 0 Å². The monoisotopic (exact) mass is 196 g/mol. The Bertz CT molecular complexity index is 305. The van der Waals surface area contributed by atoms with Crippen LogP contribution in [0, 0.1) is 5.92 Å². The molecule has 0 N–H and O–H groups in total. The summed E-state index contributed by atoms with van der Waals surface area (Å²) in [5.74, 6) is 1.11. The van der Waals surface area contributed by atoms with Crippen LogP contribution in [0.1, 0.15) is 29.4 Å². The van der Waals surface area contributed by atoms with Crippen LogP contribution in [0.2, 0.25) is 0 Å². The van der Waals surface area contributed by atoms with Gasteiger partial charge in [0.05, 0.1) is 0 Å². The van der Waals surface area contributed by atoms with Gasteiger partial charge in [0, 0.05) is 19.6 Å². The highest BCUT2D eigenvalue weighted by atomic mass is 16.5. The van der Waals surface area contributed by atoms with Crippen LogP contribution in [0.5, 0.6) is 0 Å². The number of aromatic nitrogens is 2. The Labute approximate surface area is 81.4 Å². The summed E-state index contributed by atoms with van der Waals surface area (Å²) in [6.07, 6.45) is 3.51. The normalized spacial score (nSPS) is 22.1. The Morgan fingerprint density at radius 2 is 2.50 bits per heavy atom. The van der Waals surface area contributed by atoms with Crippen LogP contribution < -0.4 is 0 Å². The van der Waals surface area contributed by atoms with Crippen molar-refractivity contribution >= 4 is 6.29 Å². The molecule has 0 aliphatic carbocycles. The highest BCUT2D eigenvalue weighted by molar-refractivity contribution is 5.66. The first-order valence-corrected chi connectivity index (χ1v) is 4.74. The number of nitrogens with zero attached hydrogens (tertiary/aromatic N) is 2. The second-order valence-corrected chi connectivity index (χ2v) is 3.45. The molecule has 5 nitrogen and oxygen atoms in total. The van der Waals surface area contributed by atoms with Gasteiger partial charge in [0.15, 0.2) is 5.82 Å². The zero-order chi connectivity index (χ0) is 9.80. The highest BCUT2D eigenvalue weighted by Crippen LogP contribution is 2.17. The van der Waals surface area contributed by atoms with E-state index in [0.29, 0.717) is 18.0 Å². The molecule has 1 saturated heterocycles. The summed E-state index contributed by atoms with van der Waals surface area (Å²) >= 11 is 0. The standard InChI is InChI=1S/C9H12N2O3/c12-5-9-10-8(11-14-9)4-7-2-1-3-13-6-7/h5,7H,1-4,6H2. The number of aldehydes is 1. The van der Waals surface area contributed by atoms with Gasteiger partial charge in [-0.25, -0.2) is 0 Å². The molecule has 1 aromatic rings. The van der Waals surface area contributed by atoms with Crippen molar-refractivity contribution in [2.75, 3.05) is 13.2 Å². The van der Waals surface area contributed by atoms with Gasteiger partial charge < -0.3 is 9.26 Å². The van der Waals surface area contributed by atoms with Crippen molar-refractivity contribution in [2.45, 2.75) is 19.3 Å². The van der Waals surface area contributed by atoms with Gasteiger partial charge in [-0.2, -0.15) is 4.98 Å². The van der Waals surface area contributed by atoms with E-state index in [0.717, 1.165) is 32.5 Å². The van der Waals surface area contributed by atoms with E-state index in [4.69, 9.17) is 4.74 Å². The van der Waals surface area contributed by atoms with Gasteiger partial charge in [-0.15, -0.1) is 0 Å². The Hall–Kier alpha value is -1.23. The molecule has 1 atom stereocenters. The molecule has 1 fully saturated rings. The van der Waals surface area contributed by atoms with E-state index >= 15 is 0 Å². The Balaban J connectivity index is 1.92. The maximum absolute atomic E-state index is 10.3. The zero-order valence-electron chi connectivity index (χ0n) is 7.81. The maximum atomic E-state index is 10.3. The summed E-state index contributed by atoms with van der Waals surface area (Å²) < 4.78 is 10.0. The number of ether oxygens (including phenoxy) is 1. The average Bonchev–Trinajstić information content (AvgIpc) is 2.67. The van der Waals surface area contributed by atoms with Crippen LogP contribution in [0.4, 0.5) is 0 Å². The van der Waals surface area contributed by atoms with Gasteiger partial charge in [0.2, 0.25) is 6.29 Å². The second-order valence-electron chi connectivity index (χ2n) is 3.45. The van der Waals surface area contributed by atoms with E-state index in [1.807, 2.05) is 0 Å². The summed E-state index contributed by atoms with van der Waals surface area (Å²) in [6, 6.07) is 0. The van der Waals surface area contributed by atoms with Crippen molar-refractivity contribution in [3.63, 3.8) is 0 Å². The lowest BCUT2D eigenvalue weighted by Gasteiger charge is -2.20. The Kier molecular flexibility index (Phi) is 2.88. The lowest BCUT2D eigenvalue weighted by Crippen LogP contribution is -2.19. The Morgan fingerprint density at radius 3 is 3.14 bits per heavy atom. The van der Waals surface area contributed by atoms with Gasteiger partial charge >= 0.3 is 0 Å². The van der Waals surface area contributed by atoms with E-state index in [1.165, 1.54) is 0 Å². The van der Waals surface area contributed by atoms with Gasteiger partial charge in [-0.3, -0.25) is 4.79 Å². The summed E-state index contributed by atoms with van der Waals surface area (Å²) in [6.45, 7) is 1.60. The van der Waals surface area contributed by atoms with Crippen molar-refractivity contribution in [1.29, 1.82) is 0 Å². The summed E-state index contributed by atoms with van der Waals surface area (Å²) in [5.41, 5.74) is 0. The van der Waals surface area contributed by atoms with Gasteiger partial charge in [-0.05, 0) is 18.8 Å². The van der Waals surface area contributed by atoms with Crippen LogP contribution in [0.15, 0.2) is 4.52 Å². The van der Waals surface area contributed by atoms with Gasteiger partial charge in [0.25, 0.3) is 5.89 Å². The van der Waals surface area contributed by atoms with Crippen molar-refractivity contribution < 1.29 is 14.1 Å². The molecular formula is C9H12N2O3. The summed E-state index contributed by atoms with van der Waals surface area (Å²) in [5, 5.41) is 3.71. The second kappa shape index (κ2) is 4.32. The van der Waals surface area contributed by atoms with Crippen LogP contribution in [-0.2, 0) is 11.2 Å². The lowest BCUT2D eigenvalue weighted by molar-refractivity contribution is 0.0541. The van der Waals surface area contributed by atoms with Gasteiger partial charge in [0.1, 0.15) is 0 Å². The molecule has 1 unspecified atom stereocenters. The molecule has 14 heavy (non-hydrogen) atoms. The molecule has 1 aliphatic heterocycles. The first-order chi connectivity index (χ1) is 6.88. The first kappa shape index (κ1) is 9.33. The number of carbonyl (C=O) groups excluding carboxylic acids is 1. The molecule has 0 radical (unpaired) electrons. The lowest BCUT2D eigenvalue weighted by atomic mass is 9.98. The zero-order valence-corrected chi connectivity index (χ0v) is 7.81. The van der Waals surface area contributed by atoms with E-state index in [9.17, 15) is 4.79 Å². The summed E-state index contributed by atoms with van der Waals surface area (Å²) in [7, 11) is 0. The average molecular weight is 196 g/mol. The minimum Gasteiger partial charge on any atom is -0.381 e. The predicted octanol–water partition coefficient (Wildman–Crippen LogP) is 0.851. The topological polar surface area (TPSA) is 65.2 Å². The van der Waals surface area contributed by atoms with E-state index in [-0.39, 0.29) is 5.89 Å². The van der Waals surface area contributed by atoms with Crippen LogP contribution in [0.25, 0.3) is 0 Å². The molecule has 5 heteroatoms.